The molecule has 0 radical (unpaired) electrons. The van der Waals surface area contributed by atoms with Crippen LogP contribution >= 0.6 is 0 Å². The quantitative estimate of drug-likeness (QED) is 0.0261. The summed E-state index contributed by atoms with van der Waals surface area (Å²) in [6.07, 6.45) is 97.1. The number of carbonyl (C=O) groups excluding carboxylic acids is 3. The maximum absolute atomic E-state index is 12.9. The van der Waals surface area contributed by atoms with Gasteiger partial charge in [-0.25, -0.2) is 0 Å². The van der Waals surface area contributed by atoms with Gasteiger partial charge in [-0.2, -0.15) is 0 Å². The lowest BCUT2D eigenvalue weighted by atomic mass is 10.1. The Hall–Kier alpha value is -4.71. The number of rotatable bonds is 59. The molecule has 0 aliphatic rings. The first-order valence-electron chi connectivity index (χ1n) is 33.3. The smallest absolute Gasteiger partial charge is 0.306 e. The van der Waals surface area contributed by atoms with E-state index in [4.69, 9.17) is 14.2 Å². The highest BCUT2D eigenvalue weighted by molar-refractivity contribution is 5.71. The van der Waals surface area contributed by atoms with Crippen molar-refractivity contribution >= 4 is 17.9 Å². The van der Waals surface area contributed by atoms with E-state index in [1.165, 1.54) is 122 Å². The Bertz CT molecular complexity index is 1760. The van der Waals surface area contributed by atoms with Crippen molar-refractivity contribution in [2.45, 2.75) is 297 Å². The minimum Gasteiger partial charge on any atom is -0.462 e. The van der Waals surface area contributed by atoms with Gasteiger partial charge in [0.2, 0.25) is 0 Å². The second kappa shape index (κ2) is 67.8. The molecule has 0 saturated heterocycles. The molecule has 458 valence electrons. The lowest BCUT2D eigenvalue weighted by Gasteiger charge is -2.18. The van der Waals surface area contributed by atoms with Gasteiger partial charge in [-0.3, -0.25) is 14.4 Å². The van der Waals surface area contributed by atoms with Crippen molar-refractivity contribution in [2.75, 3.05) is 13.2 Å². The summed E-state index contributed by atoms with van der Waals surface area (Å²) in [6, 6.07) is 0. The molecule has 0 rings (SSSR count). The minimum atomic E-state index is -0.806. The van der Waals surface area contributed by atoms with Crippen LogP contribution in [0.2, 0.25) is 0 Å². The van der Waals surface area contributed by atoms with E-state index in [9.17, 15) is 14.4 Å². The van der Waals surface area contributed by atoms with Crippen molar-refractivity contribution in [2.24, 2.45) is 0 Å². The van der Waals surface area contributed by atoms with Crippen LogP contribution in [-0.2, 0) is 28.6 Å². The van der Waals surface area contributed by atoms with Crippen LogP contribution in [0.25, 0.3) is 0 Å². The van der Waals surface area contributed by atoms with Gasteiger partial charge in [0.15, 0.2) is 6.10 Å². The molecule has 0 aromatic heterocycles. The van der Waals surface area contributed by atoms with Crippen molar-refractivity contribution in [1.29, 1.82) is 0 Å². The van der Waals surface area contributed by atoms with Gasteiger partial charge < -0.3 is 14.2 Å². The van der Waals surface area contributed by atoms with Crippen molar-refractivity contribution in [3.05, 3.63) is 146 Å². The predicted molar refractivity (Wildman–Crippen MR) is 352 cm³/mol. The van der Waals surface area contributed by atoms with Gasteiger partial charge in [-0.1, -0.05) is 276 Å². The zero-order valence-electron chi connectivity index (χ0n) is 52.5. The van der Waals surface area contributed by atoms with Gasteiger partial charge in [-0.05, 0) is 141 Å². The summed E-state index contributed by atoms with van der Waals surface area (Å²) in [7, 11) is 0. The van der Waals surface area contributed by atoms with Crippen molar-refractivity contribution in [1.82, 2.24) is 0 Å². The SMILES string of the molecule is CC/C=C\C/C=C\C/C=C\C/C=C\C/C=C\C/C=C\CCCCCCCCCCCCC(=O)OCC(COC(=O)CCCC/C=C\C/C=C\C/C=C\C/C=C\CC)OC(=O)CCCCCCCCCCC/C=C\C/C=C\CCCCC. The van der Waals surface area contributed by atoms with E-state index in [0.29, 0.717) is 19.3 Å². The molecule has 0 spiro atoms. The number of carbonyl (C=O) groups is 3. The van der Waals surface area contributed by atoms with Gasteiger partial charge in [-0.15, -0.1) is 0 Å². The van der Waals surface area contributed by atoms with Crippen LogP contribution in [-0.4, -0.2) is 37.2 Å². The molecular weight excluding hydrogens is 997 g/mol. The van der Waals surface area contributed by atoms with E-state index in [1.807, 2.05) is 0 Å². The Morgan fingerprint density at radius 1 is 0.259 bits per heavy atom. The molecule has 0 amide bonds. The van der Waals surface area contributed by atoms with Gasteiger partial charge >= 0.3 is 17.9 Å². The standard InChI is InChI=1S/C75H122O6/c1-4-7-10-13-16-19-22-25-28-30-32-33-34-35-36-37-38-39-40-41-43-44-47-50-53-56-59-62-65-68-74(77)80-71-72(70-79-73(76)67-64-61-58-55-52-49-46-27-24-21-18-15-12-9-6-3)81-75(78)69-66-63-60-57-54-51-48-45-42-31-29-26-23-20-17-14-11-8-5-2/h7,9-10,12,16-21,25-29,32-33,35-36,38-39,46,52,55,72H,4-6,8,11,13-15,22-24,30-31,34,37,40-45,47-51,53-54,56-71H2,1-3H3/b10-7-,12-9-,19-16-,20-17-,21-18-,28-25-,29-26-,33-32-,36-35-,39-38-,46-27-,55-52-. The van der Waals surface area contributed by atoms with Crippen LogP contribution in [0, 0.1) is 0 Å². The summed E-state index contributed by atoms with van der Waals surface area (Å²) in [6.45, 7) is 6.36. The third kappa shape index (κ3) is 66.0. The molecule has 6 heteroatoms. The van der Waals surface area contributed by atoms with Gasteiger partial charge in [0, 0.05) is 19.3 Å². The molecule has 6 nitrogen and oxygen atoms in total. The number of hydrogen-bond acceptors (Lipinski definition) is 6. The van der Waals surface area contributed by atoms with Crippen LogP contribution in [0.15, 0.2) is 146 Å². The molecule has 0 fully saturated rings. The van der Waals surface area contributed by atoms with E-state index in [-0.39, 0.29) is 31.1 Å². The molecule has 1 unspecified atom stereocenters. The Morgan fingerprint density at radius 2 is 0.481 bits per heavy atom. The van der Waals surface area contributed by atoms with Gasteiger partial charge in [0.05, 0.1) is 0 Å². The number of esters is 3. The predicted octanol–water partition coefficient (Wildman–Crippen LogP) is 23.1. The lowest BCUT2D eigenvalue weighted by Crippen LogP contribution is -2.30. The highest BCUT2D eigenvalue weighted by atomic mass is 16.6. The third-order valence-corrected chi connectivity index (χ3v) is 13.8. The maximum Gasteiger partial charge on any atom is 0.306 e. The highest BCUT2D eigenvalue weighted by Gasteiger charge is 2.19. The molecule has 1 atom stereocenters. The second-order valence-electron chi connectivity index (χ2n) is 21.6. The summed E-state index contributed by atoms with van der Waals surface area (Å²) < 4.78 is 16.9. The summed E-state index contributed by atoms with van der Waals surface area (Å²) in [5, 5.41) is 0. The normalized spacial score (nSPS) is 13.1. The molecule has 0 N–H and O–H groups in total. The average molecular weight is 1120 g/mol. The summed E-state index contributed by atoms with van der Waals surface area (Å²) in [5.41, 5.74) is 0. The van der Waals surface area contributed by atoms with E-state index in [0.717, 1.165) is 128 Å². The molecule has 0 aliphatic carbocycles. The highest BCUT2D eigenvalue weighted by Crippen LogP contribution is 2.15. The second-order valence-corrected chi connectivity index (χ2v) is 21.6. The number of hydrogen-bond donors (Lipinski definition) is 0. The molecule has 81 heavy (non-hydrogen) atoms. The lowest BCUT2D eigenvalue weighted by molar-refractivity contribution is -0.167. The van der Waals surface area contributed by atoms with Crippen LogP contribution in [0.1, 0.15) is 290 Å². The summed E-state index contributed by atoms with van der Waals surface area (Å²) >= 11 is 0. The fourth-order valence-electron chi connectivity index (χ4n) is 8.88. The van der Waals surface area contributed by atoms with E-state index in [1.54, 1.807) is 0 Å². The number of allylic oxidation sites excluding steroid dienone is 24. The zero-order chi connectivity index (χ0) is 58.5. The van der Waals surface area contributed by atoms with Crippen molar-refractivity contribution in [3.8, 4) is 0 Å². The first kappa shape index (κ1) is 76.3. The molecule has 0 aliphatic heterocycles. The fourth-order valence-corrected chi connectivity index (χ4v) is 8.88. The number of unbranched alkanes of at least 4 members (excludes halogenated alkanes) is 24. The van der Waals surface area contributed by atoms with Gasteiger partial charge in [0.25, 0.3) is 0 Å². The van der Waals surface area contributed by atoms with Crippen LogP contribution in [0.3, 0.4) is 0 Å². The van der Waals surface area contributed by atoms with Crippen molar-refractivity contribution < 1.29 is 28.6 Å². The van der Waals surface area contributed by atoms with Crippen LogP contribution in [0.5, 0.6) is 0 Å². The van der Waals surface area contributed by atoms with E-state index < -0.39 is 6.10 Å². The molecule has 0 saturated carbocycles. The Morgan fingerprint density at radius 3 is 0.778 bits per heavy atom. The van der Waals surface area contributed by atoms with Crippen LogP contribution < -0.4 is 0 Å². The largest absolute Gasteiger partial charge is 0.462 e. The van der Waals surface area contributed by atoms with Crippen molar-refractivity contribution in [3.63, 3.8) is 0 Å². The van der Waals surface area contributed by atoms with Crippen LogP contribution in [0.4, 0.5) is 0 Å². The average Bonchev–Trinajstić information content (AvgIpc) is 3.47. The Balaban J connectivity index is 4.38. The Kier molecular flexibility index (Phi) is 63.9. The fraction of sp³-hybridized carbons (Fsp3) is 0.640. The first-order valence-corrected chi connectivity index (χ1v) is 33.3. The maximum atomic E-state index is 12.9. The monoisotopic (exact) mass is 1120 g/mol. The molecular formula is C75H122O6. The number of ether oxygens (including phenoxy) is 3. The first-order chi connectivity index (χ1) is 40.0. The van der Waals surface area contributed by atoms with Gasteiger partial charge in [0.1, 0.15) is 13.2 Å². The Labute approximate surface area is 499 Å². The molecule has 0 bridgehead atoms. The zero-order valence-corrected chi connectivity index (χ0v) is 52.5. The van der Waals surface area contributed by atoms with E-state index >= 15 is 0 Å². The molecule has 0 aromatic carbocycles. The van der Waals surface area contributed by atoms with E-state index in [2.05, 4.69) is 167 Å². The molecule has 0 aromatic rings. The summed E-state index contributed by atoms with van der Waals surface area (Å²) in [5.74, 6) is -0.948. The third-order valence-electron chi connectivity index (χ3n) is 13.8. The topological polar surface area (TPSA) is 78.9 Å². The molecule has 0 heterocycles. The summed E-state index contributed by atoms with van der Waals surface area (Å²) in [4.78, 5) is 38.4. The minimum absolute atomic E-state index is 0.0993.